The normalized spacial score (nSPS) is 39.4. The molecule has 3 heteroatoms. The summed E-state index contributed by atoms with van der Waals surface area (Å²) in [6, 6.07) is 0. The van der Waals surface area contributed by atoms with Crippen LogP contribution in [0.4, 0.5) is 0 Å². The molecule has 1 heterocycles. The number of hydrogen-bond donors (Lipinski definition) is 0. The highest BCUT2D eigenvalue weighted by molar-refractivity contribution is 14.2. The van der Waals surface area contributed by atoms with Crippen LogP contribution >= 0.6 is 30.1 Å². The first-order valence-electron chi connectivity index (χ1n) is 2.68. The second kappa shape index (κ2) is 2.75. The lowest BCUT2D eigenvalue weighted by Gasteiger charge is -1.97. The van der Waals surface area contributed by atoms with Gasteiger partial charge in [-0.1, -0.05) is 8.93 Å². The molecule has 1 aliphatic heterocycles. The largest absolute Gasteiger partial charge is 0.369 e. The molecule has 1 fully saturated rings. The zero-order valence-electron chi connectivity index (χ0n) is 4.93. The molecule has 1 aliphatic rings. The molecule has 1 rings (SSSR count). The van der Waals surface area contributed by atoms with Gasteiger partial charge in [-0.25, -0.2) is 0 Å². The minimum absolute atomic E-state index is 0.521. The molecule has 0 radical (unpaired) electrons. The summed E-state index contributed by atoms with van der Waals surface area (Å²) in [6.07, 6.45) is 1.06. The third kappa shape index (κ3) is 1.51. The third-order valence-corrected chi connectivity index (χ3v) is 4.32. The molecule has 1 saturated heterocycles. The molecule has 1 nitrogen and oxygen atoms in total. The van der Waals surface area contributed by atoms with Gasteiger partial charge in [0.05, 0.1) is 12.2 Å². The highest BCUT2D eigenvalue weighted by Crippen LogP contribution is 2.34. The Morgan fingerprint density at radius 2 is 2.25 bits per heavy atom. The Kier molecular flexibility index (Phi) is 2.46. The van der Waals surface area contributed by atoms with Crippen LogP contribution in [0.2, 0.25) is 0 Å². The quantitative estimate of drug-likeness (QED) is 0.545. The predicted octanol–water partition coefficient (Wildman–Crippen LogP) is 2.25. The number of hydrogen-bond acceptors (Lipinski definition) is 2. The topological polar surface area (TPSA) is 12.5 Å². The van der Waals surface area contributed by atoms with E-state index in [9.17, 15) is 0 Å². The van der Waals surface area contributed by atoms with Crippen LogP contribution in [0, 0.1) is 0 Å². The molecule has 0 unspecified atom stereocenters. The molecular formula is C5H9IOS. The van der Waals surface area contributed by atoms with E-state index in [0.29, 0.717) is 17.5 Å². The van der Waals surface area contributed by atoms with Gasteiger partial charge in [-0.15, -0.1) is 0 Å². The molecule has 48 valence electrons. The van der Waals surface area contributed by atoms with Crippen LogP contribution in [0.15, 0.2) is 0 Å². The highest BCUT2D eigenvalue weighted by Gasteiger charge is 2.38. The van der Waals surface area contributed by atoms with Gasteiger partial charge in [0.2, 0.25) is 0 Å². The Morgan fingerprint density at radius 1 is 1.75 bits per heavy atom. The fourth-order valence-corrected chi connectivity index (χ4v) is 2.00. The van der Waals surface area contributed by atoms with E-state index in [0.717, 1.165) is 0 Å². The molecule has 0 aliphatic carbocycles. The van der Waals surface area contributed by atoms with E-state index in [2.05, 4.69) is 35.1 Å². The molecule has 0 aromatic carbocycles. The Hall–Kier alpha value is 1.04. The summed E-state index contributed by atoms with van der Waals surface area (Å²) >= 11 is 2.32. The number of rotatable bonds is 2. The maximum atomic E-state index is 5.24. The van der Waals surface area contributed by atoms with Crippen molar-refractivity contribution >= 4 is 30.1 Å². The van der Waals surface area contributed by atoms with E-state index in [1.807, 2.05) is 8.93 Å². The van der Waals surface area contributed by atoms with E-state index < -0.39 is 0 Å². The minimum atomic E-state index is 0.521. The van der Waals surface area contributed by atoms with Crippen molar-refractivity contribution in [2.75, 3.05) is 0 Å². The number of ether oxygens (including phenoxy) is 1. The fourth-order valence-electron chi connectivity index (χ4n) is 0.745. The molecular weight excluding hydrogens is 235 g/mol. The average Bonchev–Trinajstić information content (AvgIpc) is 2.45. The molecule has 8 heavy (non-hydrogen) atoms. The zero-order chi connectivity index (χ0) is 6.15. The van der Waals surface area contributed by atoms with Gasteiger partial charge in [0, 0.05) is 5.25 Å². The smallest absolute Gasteiger partial charge is 0.0962 e. The first kappa shape index (κ1) is 7.15. The van der Waals surface area contributed by atoms with Crippen molar-refractivity contribution < 1.29 is 4.74 Å². The molecule has 0 bridgehead atoms. The van der Waals surface area contributed by atoms with Gasteiger partial charge in [-0.05, 0) is 35.1 Å². The number of halogens is 1. The molecule has 0 amide bonds. The summed E-state index contributed by atoms with van der Waals surface area (Å²) in [6.45, 7) is 4.32. The monoisotopic (exact) mass is 244 g/mol. The molecule has 3 atom stereocenters. The fraction of sp³-hybridized carbons (Fsp3) is 1.00. The van der Waals surface area contributed by atoms with Gasteiger partial charge >= 0.3 is 0 Å². The van der Waals surface area contributed by atoms with E-state index in [-0.39, 0.29) is 0 Å². The lowest BCUT2D eigenvalue weighted by molar-refractivity contribution is 0.378. The summed E-state index contributed by atoms with van der Waals surface area (Å²) in [5.41, 5.74) is 0. The third-order valence-electron chi connectivity index (χ3n) is 1.36. The second-order valence-corrected chi connectivity index (χ2v) is 4.55. The SMILES string of the molecule is C[C@H](SI)[C@H]1O[C@@H]1C. The summed E-state index contributed by atoms with van der Waals surface area (Å²) < 4.78 is 5.24. The van der Waals surface area contributed by atoms with Crippen molar-refractivity contribution in [3.63, 3.8) is 0 Å². The Balaban J connectivity index is 2.18. The predicted molar refractivity (Wildman–Crippen MR) is 45.4 cm³/mol. The van der Waals surface area contributed by atoms with Crippen LogP contribution < -0.4 is 0 Å². The van der Waals surface area contributed by atoms with Gasteiger partial charge in [0.25, 0.3) is 0 Å². The Labute approximate surface area is 66.1 Å². The molecule has 0 saturated carbocycles. The van der Waals surface area contributed by atoms with Gasteiger partial charge in [-0.3, -0.25) is 0 Å². The van der Waals surface area contributed by atoms with Gasteiger partial charge < -0.3 is 4.74 Å². The van der Waals surface area contributed by atoms with Crippen LogP contribution in [-0.2, 0) is 4.74 Å². The Morgan fingerprint density at radius 3 is 2.38 bits per heavy atom. The van der Waals surface area contributed by atoms with E-state index >= 15 is 0 Å². The van der Waals surface area contributed by atoms with Crippen LogP contribution in [0.25, 0.3) is 0 Å². The van der Waals surface area contributed by atoms with E-state index in [4.69, 9.17) is 4.74 Å². The van der Waals surface area contributed by atoms with Crippen LogP contribution in [0.3, 0.4) is 0 Å². The highest BCUT2D eigenvalue weighted by atomic mass is 127. The van der Waals surface area contributed by atoms with Crippen molar-refractivity contribution in [2.24, 2.45) is 0 Å². The standard InChI is InChI=1S/C5H9IOS/c1-3-5(7-3)4(2)8-6/h3-5H,1-2H3/t3-,4+,5+/m1/s1. The van der Waals surface area contributed by atoms with Gasteiger partial charge in [0.15, 0.2) is 0 Å². The van der Waals surface area contributed by atoms with Crippen LogP contribution in [0.5, 0.6) is 0 Å². The van der Waals surface area contributed by atoms with Crippen LogP contribution in [0.1, 0.15) is 13.8 Å². The molecule has 0 spiro atoms. The average molecular weight is 244 g/mol. The van der Waals surface area contributed by atoms with Crippen molar-refractivity contribution in [2.45, 2.75) is 31.3 Å². The lowest BCUT2D eigenvalue weighted by atomic mass is 10.3. The maximum Gasteiger partial charge on any atom is 0.0962 e. The van der Waals surface area contributed by atoms with Crippen molar-refractivity contribution in [3.8, 4) is 0 Å². The second-order valence-electron chi connectivity index (χ2n) is 2.10. The van der Waals surface area contributed by atoms with Crippen molar-refractivity contribution in [3.05, 3.63) is 0 Å². The van der Waals surface area contributed by atoms with Crippen LogP contribution in [-0.4, -0.2) is 17.5 Å². The van der Waals surface area contributed by atoms with Crippen molar-refractivity contribution in [1.29, 1.82) is 0 Å². The minimum Gasteiger partial charge on any atom is -0.369 e. The Bertz CT molecular complexity index is 86.5. The number of epoxide rings is 1. The zero-order valence-corrected chi connectivity index (χ0v) is 7.90. The summed E-state index contributed by atoms with van der Waals surface area (Å²) in [4.78, 5) is 0. The van der Waals surface area contributed by atoms with Gasteiger partial charge in [-0.2, -0.15) is 0 Å². The molecule has 0 aromatic rings. The summed E-state index contributed by atoms with van der Waals surface area (Å²) in [5, 5.41) is 0.672. The first-order chi connectivity index (χ1) is 3.75. The van der Waals surface area contributed by atoms with E-state index in [1.54, 1.807) is 0 Å². The van der Waals surface area contributed by atoms with Crippen molar-refractivity contribution in [1.82, 2.24) is 0 Å². The van der Waals surface area contributed by atoms with E-state index in [1.165, 1.54) is 0 Å². The lowest BCUT2D eigenvalue weighted by Crippen LogP contribution is -2.04. The summed E-state index contributed by atoms with van der Waals surface area (Å²) in [7, 11) is 1.84. The molecule has 0 N–H and O–H groups in total. The maximum absolute atomic E-state index is 5.24. The van der Waals surface area contributed by atoms with Gasteiger partial charge in [0.1, 0.15) is 0 Å². The first-order valence-corrected chi connectivity index (χ1v) is 6.11. The molecule has 0 aromatic heterocycles. The summed E-state index contributed by atoms with van der Waals surface area (Å²) in [5.74, 6) is 0.